The van der Waals surface area contributed by atoms with Crippen LogP contribution in [0.3, 0.4) is 0 Å². The lowest BCUT2D eigenvalue weighted by Crippen LogP contribution is -2.48. The van der Waals surface area contributed by atoms with Crippen molar-refractivity contribution in [3.8, 4) is 5.69 Å². The Morgan fingerprint density at radius 1 is 1.00 bits per heavy atom. The van der Waals surface area contributed by atoms with E-state index < -0.39 is 6.17 Å². The molecule has 8 heteroatoms. The normalized spacial score (nSPS) is 16.4. The monoisotopic (exact) mass is 450 g/mol. The van der Waals surface area contributed by atoms with E-state index in [-0.39, 0.29) is 5.82 Å². The van der Waals surface area contributed by atoms with Crippen molar-refractivity contribution in [2.45, 2.75) is 19.0 Å². The highest BCUT2D eigenvalue weighted by Gasteiger charge is 2.21. The van der Waals surface area contributed by atoms with E-state index in [9.17, 15) is 4.39 Å². The SMILES string of the molecule is Fc1ccccc1CCN1CCN(C[C@H](F)Cc2c[nH]c3ccc(-n4cncn4)cc23)CC1. The quantitative estimate of drug-likeness (QED) is 0.446. The molecule has 0 aliphatic carbocycles. The van der Waals surface area contributed by atoms with Crippen molar-refractivity contribution in [3.05, 3.63) is 78.3 Å². The molecule has 1 aliphatic heterocycles. The minimum atomic E-state index is -0.941. The molecular weight excluding hydrogens is 422 g/mol. The molecule has 2 aromatic carbocycles. The van der Waals surface area contributed by atoms with Crippen LogP contribution >= 0.6 is 0 Å². The molecule has 1 fully saturated rings. The fourth-order valence-corrected chi connectivity index (χ4v) is 4.58. The Hall–Kier alpha value is -3.10. The first kappa shape index (κ1) is 21.7. The molecule has 0 amide bonds. The van der Waals surface area contributed by atoms with Crippen LogP contribution < -0.4 is 0 Å². The van der Waals surface area contributed by atoms with Crippen molar-refractivity contribution in [2.24, 2.45) is 0 Å². The Bertz CT molecular complexity index is 1180. The average molecular weight is 451 g/mol. The van der Waals surface area contributed by atoms with Crippen LogP contribution in [0.2, 0.25) is 0 Å². The molecule has 0 saturated carbocycles. The lowest BCUT2D eigenvalue weighted by atomic mass is 10.1. The molecule has 0 bridgehead atoms. The van der Waals surface area contributed by atoms with Gasteiger partial charge < -0.3 is 9.88 Å². The molecule has 0 radical (unpaired) electrons. The second-order valence-corrected chi connectivity index (χ2v) is 8.67. The van der Waals surface area contributed by atoms with Crippen molar-refractivity contribution in [2.75, 3.05) is 39.3 Å². The largest absolute Gasteiger partial charge is 0.361 e. The highest BCUT2D eigenvalue weighted by Crippen LogP contribution is 2.23. The van der Waals surface area contributed by atoms with E-state index >= 15 is 4.39 Å². The maximum atomic E-state index is 15.0. The minimum absolute atomic E-state index is 0.137. The van der Waals surface area contributed by atoms with Crippen LogP contribution in [0.1, 0.15) is 11.1 Å². The van der Waals surface area contributed by atoms with Crippen molar-refractivity contribution in [3.63, 3.8) is 0 Å². The van der Waals surface area contributed by atoms with Crippen molar-refractivity contribution in [1.29, 1.82) is 0 Å². The van der Waals surface area contributed by atoms with Gasteiger partial charge in [0.15, 0.2) is 0 Å². The smallest absolute Gasteiger partial charge is 0.138 e. The molecule has 172 valence electrons. The van der Waals surface area contributed by atoms with Crippen LogP contribution in [0.25, 0.3) is 16.6 Å². The van der Waals surface area contributed by atoms with Gasteiger partial charge in [-0.2, -0.15) is 5.10 Å². The number of piperazine rings is 1. The summed E-state index contributed by atoms with van der Waals surface area (Å²) in [4.78, 5) is 11.8. The number of nitrogens with one attached hydrogen (secondary N) is 1. The van der Waals surface area contributed by atoms with Gasteiger partial charge in [-0.3, -0.25) is 4.90 Å². The Morgan fingerprint density at radius 2 is 1.82 bits per heavy atom. The maximum Gasteiger partial charge on any atom is 0.138 e. The summed E-state index contributed by atoms with van der Waals surface area (Å²) in [7, 11) is 0. The number of alkyl halides is 1. The van der Waals surface area contributed by atoms with Crippen LogP contribution in [0.4, 0.5) is 8.78 Å². The van der Waals surface area contributed by atoms with Crippen LogP contribution in [0.5, 0.6) is 0 Å². The summed E-state index contributed by atoms with van der Waals surface area (Å²) in [6, 6.07) is 12.9. The first-order valence-corrected chi connectivity index (χ1v) is 11.4. The van der Waals surface area contributed by atoms with Crippen LogP contribution in [0.15, 0.2) is 61.3 Å². The third-order valence-corrected chi connectivity index (χ3v) is 6.45. The molecule has 4 aromatic rings. The van der Waals surface area contributed by atoms with Gasteiger partial charge in [0.1, 0.15) is 24.6 Å². The van der Waals surface area contributed by atoms with Crippen LogP contribution in [0, 0.1) is 5.82 Å². The van der Waals surface area contributed by atoms with Gasteiger partial charge in [0, 0.05) is 62.8 Å². The molecule has 1 atom stereocenters. The second-order valence-electron chi connectivity index (χ2n) is 8.67. The molecule has 3 heterocycles. The molecule has 1 aliphatic rings. The summed E-state index contributed by atoms with van der Waals surface area (Å²) < 4.78 is 30.5. The Labute approximate surface area is 191 Å². The number of nitrogens with zero attached hydrogens (tertiary/aromatic N) is 5. The molecule has 0 unspecified atom stereocenters. The zero-order chi connectivity index (χ0) is 22.6. The number of aromatic amines is 1. The van der Waals surface area contributed by atoms with Gasteiger partial charge in [-0.15, -0.1) is 0 Å². The third-order valence-electron chi connectivity index (χ3n) is 6.45. The fraction of sp³-hybridized carbons (Fsp3) is 0.360. The number of halogens is 2. The van der Waals surface area contributed by atoms with Crippen LogP contribution in [-0.2, 0) is 12.8 Å². The number of hydrogen-bond donors (Lipinski definition) is 1. The highest BCUT2D eigenvalue weighted by atomic mass is 19.1. The van der Waals surface area contributed by atoms with E-state index in [1.807, 2.05) is 36.5 Å². The molecule has 6 nitrogen and oxygen atoms in total. The predicted octanol–water partition coefficient (Wildman–Crippen LogP) is 3.63. The number of benzene rings is 2. The Kier molecular flexibility index (Phi) is 6.46. The summed E-state index contributed by atoms with van der Waals surface area (Å²) in [5.41, 5.74) is 3.63. The maximum absolute atomic E-state index is 15.0. The van der Waals surface area contributed by atoms with Gasteiger partial charge in [0.2, 0.25) is 0 Å². The second kappa shape index (κ2) is 9.80. The minimum Gasteiger partial charge on any atom is -0.361 e. The summed E-state index contributed by atoms with van der Waals surface area (Å²) in [5, 5.41) is 5.20. The van der Waals surface area contributed by atoms with Gasteiger partial charge in [-0.05, 0) is 41.8 Å². The number of rotatable bonds is 8. The Morgan fingerprint density at radius 3 is 2.61 bits per heavy atom. The third kappa shape index (κ3) is 5.12. The first-order valence-electron chi connectivity index (χ1n) is 11.4. The average Bonchev–Trinajstić information content (AvgIpc) is 3.50. The van der Waals surface area contributed by atoms with E-state index in [1.165, 1.54) is 12.4 Å². The fourth-order valence-electron chi connectivity index (χ4n) is 4.58. The van der Waals surface area contributed by atoms with Gasteiger partial charge in [0.05, 0.1) is 5.69 Å². The summed E-state index contributed by atoms with van der Waals surface area (Å²) >= 11 is 0. The zero-order valence-electron chi connectivity index (χ0n) is 18.5. The topological polar surface area (TPSA) is 53.0 Å². The molecule has 2 aromatic heterocycles. The standard InChI is InChI=1S/C25H28F2N6/c26-21(13-20-15-29-25-6-5-22(14-23(20)25)33-18-28-17-30-33)16-32-11-9-31(10-12-32)8-7-19-3-1-2-4-24(19)27/h1-6,14-15,17-18,21,29H,7-13,16H2/t21-/m1/s1. The molecule has 33 heavy (non-hydrogen) atoms. The number of hydrogen-bond acceptors (Lipinski definition) is 4. The molecule has 1 saturated heterocycles. The van der Waals surface area contributed by atoms with Gasteiger partial charge in [-0.25, -0.2) is 18.4 Å². The first-order chi connectivity index (χ1) is 16.2. The van der Waals surface area contributed by atoms with E-state index in [2.05, 4.69) is 24.9 Å². The lowest BCUT2D eigenvalue weighted by molar-refractivity contribution is 0.107. The summed E-state index contributed by atoms with van der Waals surface area (Å²) in [6.45, 7) is 4.70. The Balaban J connectivity index is 1.13. The van der Waals surface area contributed by atoms with E-state index in [1.54, 1.807) is 17.1 Å². The highest BCUT2D eigenvalue weighted by molar-refractivity contribution is 5.85. The van der Waals surface area contributed by atoms with Gasteiger partial charge in [-0.1, -0.05) is 18.2 Å². The zero-order valence-corrected chi connectivity index (χ0v) is 18.5. The summed E-state index contributed by atoms with van der Waals surface area (Å²) in [5.74, 6) is -0.137. The number of aromatic nitrogens is 4. The van der Waals surface area contributed by atoms with Gasteiger partial charge in [0.25, 0.3) is 0 Å². The number of fused-ring (bicyclic) bond motifs is 1. The number of H-pyrrole nitrogens is 1. The predicted molar refractivity (Wildman–Crippen MR) is 125 cm³/mol. The van der Waals surface area contributed by atoms with Crippen molar-refractivity contribution in [1.82, 2.24) is 29.5 Å². The van der Waals surface area contributed by atoms with Crippen molar-refractivity contribution >= 4 is 10.9 Å². The van der Waals surface area contributed by atoms with E-state index in [0.717, 1.165) is 60.4 Å². The van der Waals surface area contributed by atoms with Crippen LogP contribution in [-0.4, -0.2) is 75.0 Å². The molecule has 1 N–H and O–H groups in total. The molecule has 0 spiro atoms. The lowest BCUT2D eigenvalue weighted by Gasteiger charge is -2.35. The molecular formula is C25H28F2N6. The summed E-state index contributed by atoms with van der Waals surface area (Å²) in [6.07, 6.45) is 5.19. The van der Waals surface area contributed by atoms with Gasteiger partial charge >= 0.3 is 0 Å². The molecule has 5 rings (SSSR count). The van der Waals surface area contributed by atoms with E-state index in [4.69, 9.17) is 0 Å². The van der Waals surface area contributed by atoms with Crippen molar-refractivity contribution < 1.29 is 8.78 Å². The van der Waals surface area contributed by atoms with E-state index in [0.29, 0.717) is 19.4 Å².